The SMILES string of the molecule is CCC1CCC(Nc2cc(F)ccc2[N+](=O)[O-])C1C. The van der Waals surface area contributed by atoms with Crippen molar-refractivity contribution in [1.82, 2.24) is 0 Å². The molecule has 1 aromatic carbocycles. The summed E-state index contributed by atoms with van der Waals surface area (Å²) < 4.78 is 13.3. The monoisotopic (exact) mass is 266 g/mol. The minimum atomic E-state index is -0.474. The Kier molecular flexibility index (Phi) is 4.02. The third-order valence-electron chi connectivity index (χ3n) is 4.25. The van der Waals surface area contributed by atoms with Crippen LogP contribution in [0.25, 0.3) is 0 Å². The van der Waals surface area contributed by atoms with E-state index >= 15 is 0 Å². The molecule has 0 bridgehead atoms. The molecule has 1 aliphatic rings. The van der Waals surface area contributed by atoms with E-state index < -0.39 is 10.7 Å². The summed E-state index contributed by atoms with van der Waals surface area (Å²) in [4.78, 5) is 10.5. The Hall–Kier alpha value is -1.65. The van der Waals surface area contributed by atoms with Gasteiger partial charge < -0.3 is 5.32 Å². The van der Waals surface area contributed by atoms with E-state index in [1.807, 2.05) is 0 Å². The van der Waals surface area contributed by atoms with Gasteiger partial charge in [0.25, 0.3) is 5.69 Å². The van der Waals surface area contributed by atoms with E-state index in [-0.39, 0.29) is 11.7 Å². The average molecular weight is 266 g/mol. The van der Waals surface area contributed by atoms with Crippen molar-refractivity contribution in [2.75, 3.05) is 5.32 Å². The van der Waals surface area contributed by atoms with Crippen LogP contribution in [0.5, 0.6) is 0 Å². The fraction of sp³-hybridized carbons (Fsp3) is 0.571. The Bertz CT molecular complexity index is 479. The quantitative estimate of drug-likeness (QED) is 0.662. The summed E-state index contributed by atoms with van der Waals surface area (Å²) in [5, 5.41) is 14.1. The summed E-state index contributed by atoms with van der Waals surface area (Å²) in [6.45, 7) is 4.32. The fourth-order valence-corrected chi connectivity index (χ4v) is 3.01. The number of nitro benzene ring substituents is 1. The van der Waals surface area contributed by atoms with Crippen molar-refractivity contribution in [3.05, 3.63) is 34.1 Å². The Balaban J connectivity index is 2.19. The Morgan fingerprint density at radius 2 is 2.21 bits per heavy atom. The molecule has 1 aromatic rings. The van der Waals surface area contributed by atoms with Crippen molar-refractivity contribution in [2.45, 2.75) is 39.2 Å². The molecule has 0 aliphatic heterocycles. The largest absolute Gasteiger partial charge is 0.376 e. The van der Waals surface area contributed by atoms with Gasteiger partial charge in [0.15, 0.2) is 0 Å². The van der Waals surface area contributed by atoms with Gasteiger partial charge in [0, 0.05) is 18.2 Å². The predicted octanol–water partition coefficient (Wildman–Crippen LogP) is 3.97. The Morgan fingerprint density at radius 3 is 2.79 bits per heavy atom. The number of nitrogens with one attached hydrogen (secondary N) is 1. The van der Waals surface area contributed by atoms with Crippen molar-refractivity contribution in [1.29, 1.82) is 0 Å². The molecule has 0 spiro atoms. The first-order valence-corrected chi connectivity index (χ1v) is 6.73. The normalized spacial score (nSPS) is 26.4. The van der Waals surface area contributed by atoms with E-state index in [9.17, 15) is 14.5 Å². The van der Waals surface area contributed by atoms with E-state index in [0.717, 1.165) is 25.3 Å². The van der Waals surface area contributed by atoms with Crippen LogP contribution in [0.3, 0.4) is 0 Å². The number of hydrogen-bond donors (Lipinski definition) is 1. The molecule has 3 unspecified atom stereocenters. The number of benzene rings is 1. The topological polar surface area (TPSA) is 55.2 Å². The molecule has 5 heteroatoms. The molecule has 0 aromatic heterocycles. The van der Waals surface area contributed by atoms with Gasteiger partial charge in [0.05, 0.1) is 4.92 Å². The lowest BCUT2D eigenvalue weighted by atomic mass is 9.93. The van der Waals surface area contributed by atoms with Gasteiger partial charge in [-0.1, -0.05) is 20.3 Å². The molecule has 19 heavy (non-hydrogen) atoms. The molecule has 3 atom stereocenters. The number of nitrogens with zero attached hydrogens (tertiary/aromatic N) is 1. The maximum Gasteiger partial charge on any atom is 0.292 e. The van der Waals surface area contributed by atoms with Crippen LogP contribution in [-0.2, 0) is 0 Å². The molecule has 1 fully saturated rings. The highest BCUT2D eigenvalue weighted by atomic mass is 19.1. The molecule has 1 saturated carbocycles. The van der Waals surface area contributed by atoms with Crippen LogP contribution in [0, 0.1) is 27.8 Å². The summed E-state index contributed by atoms with van der Waals surface area (Å²) in [6, 6.07) is 3.74. The van der Waals surface area contributed by atoms with Gasteiger partial charge in [-0.3, -0.25) is 10.1 Å². The number of halogens is 1. The number of rotatable bonds is 4. The molecule has 1 aliphatic carbocycles. The van der Waals surface area contributed by atoms with Crippen LogP contribution in [0.15, 0.2) is 18.2 Å². The summed E-state index contributed by atoms with van der Waals surface area (Å²) in [5.41, 5.74) is 0.229. The van der Waals surface area contributed by atoms with Crippen LogP contribution in [0.2, 0.25) is 0 Å². The van der Waals surface area contributed by atoms with Crippen molar-refractivity contribution >= 4 is 11.4 Å². The summed E-state index contributed by atoms with van der Waals surface area (Å²) in [5.74, 6) is 0.642. The lowest BCUT2D eigenvalue weighted by Gasteiger charge is -2.21. The van der Waals surface area contributed by atoms with E-state index in [1.54, 1.807) is 0 Å². The van der Waals surface area contributed by atoms with Crippen LogP contribution in [0.1, 0.15) is 33.1 Å². The van der Waals surface area contributed by atoms with Gasteiger partial charge in [0.1, 0.15) is 11.5 Å². The predicted molar refractivity (Wildman–Crippen MR) is 72.6 cm³/mol. The molecule has 0 amide bonds. The van der Waals surface area contributed by atoms with Gasteiger partial charge >= 0.3 is 0 Å². The molecule has 0 radical (unpaired) electrons. The second-order valence-electron chi connectivity index (χ2n) is 5.27. The Morgan fingerprint density at radius 1 is 1.47 bits per heavy atom. The first-order valence-electron chi connectivity index (χ1n) is 6.73. The average Bonchev–Trinajstić information content (AvgIpc) is 2.70. The third-order valence-corrected chi connectivity index (χ3v) is 4.25. The zero-order chi connectivity index (χ0) is 14.0. The van der Waals surface area contributed by atoms with Crippen molar-refractivity contribution in [3.63, 3.8) is 0 Å². The number of nitro groups is 1. The summed E-state index contributed by atoms with van der Waals surface area (Å²) in [6.07, 6.45) is 3.22. The highest BCUT2D eigenvalue weighted by Gasteiger charge is 2.32. The van der Waals surface area contributed by atoms with E-state index in [2.05, 4.69) is 19.2 Å². The maximum atomic E-state index is 13.3. The van der Waals surface area contributed by atoms with Crippen LogP contribution >= 0.6 is 0 Å². The second-order valence-corrected chi connectivity index (χ2v) is 5.27. The summed E-state index contributed by atoms with van der Waals surface area (Å²) in [7, 11) is 0. The van der Waals surface area contributed by atoms with Gasteiger partial charge in [-0.05, 0) is 30.7 Å². The molecular weight excluding hydrogens is 247 g/mol. The van der Waals surface area contributed by atoms with Gasteiger partial charge in [0.2, 0.25) is 0 Å². The molecule has 0 saturated heterocycles. The van der Waals surface area contributed by atoms with Crippen molar-refractivity contribution < 1.29 is 9.31 Å². The lowest BCUT2D eigenvalue weighted by molar-refractivity contribution is -0.384. The minimum absolute atomic E-state index is 0.0615. The first-order chi connectivity index (χ1) is 9.02. The van der Waals surface area contributed by atoms with Crippen LogP contribution in [0.4, 0.5) is 15.8 Å². The lowest BCUT2D eigenvalue weighted by Crippen LogP contribution is -2.25. The van der Waals surface area contributed by atoms with Crippen molar-refractivity contribution in [2.24, 2.45) is 11.8 Å². The first kappa shape index (κ1) is 13.8. The molecule has 0 heterocycles. The third kappa shape index (κ3) is 2.85. The molecule has 4 nitrogen and oxygen atoms in total. The van der Waals surface area contributed by atoms with E-state index in [4.69, 9.17) is 0 Å². The minimum Gasteiger partial charge on any atom is -0.376 e. The highest BCUT2D eigenvalue weighted by molar-refractivity contribution is 5.62. The zero-order valence-electron chi connectivity index (χ0n) is 11.2. The summed E-state index contributed by atoms with van der Waals surface area (Å²) >= 11 is 0. The van der Waals surface area contributed by atoms with Crippen molar-refractivity contribution in [3.8, 4) is 0 Å². The van der Waals surface area contributed by atoms with Crippen LogP contribution in [-0.4, -0.2) is 11.0 Å². The standard InChI is InChI=1S/C14H19FN2O2/c1-3-10-4-6-12(9(10)2)16-13-8-11(15)5-7-14(13)17(18)19/h5,7-10,12,16H,3-4,6H2,1-2H3. The van der Waals surface area contributed by atoms with Gasteiger partial charge in [-0.15, -0.1) is 0 Å². The van der Waals surface area contributed by atoms with Crippen LogP contribution < -0.4 is 5.32 Å². The molecular formula is C14H19FN2O2. The zero-order valence-corrected chi connectivity index (χ0v) is 11.2. The van der Waals surface area contributed by atoms with E-state index in [1.165, 1.54) is 12.1 Å². The van der Waals surface area contributed by atoms with E-state index in [0.29, 0.717) is 17.5 Å². The molecule has 1 N–H and O–H groups in total. The molecule has 104 valence electrons. The van der Waals surface area contributed by atoms with Gasteiger partial charge in [-0.25, -0.2) is 4.39 Å². The molecule has 2 rings (SSSR count). The maximum absolute atomic E-state index is 13.3. The smallest absolute Gasteiger partial charge is 0.292 e. The fourth-order valence-electron chi connectivity index (χ4n) is 3.01. The number of anilines is 1. The van der Waals surface area contributed by atoms with Gasteiger partial charge in [-0.2, -0.15) is 0 Å². The Labute approximate surface area is 112 Å². The second kappa shape index (κ2) is 5.55. The highest BCUT2D eigenvalue weighted by Crippen LogP contribution is 2.37. The number of hydrogen-bond acceptors (Lipinski definition) is 3.